The summed E-state index contributed by atoms with van der Waals surface area (Å²) in [6, 6.07) is 9.92. The Morgan fingerprint density at radius 1 is 1.05 bits per heavy atom. The van der Waals surface area contributed by atoms with Gasteiger partial charge >= 0.3 is 5.97 Å². The van der Waals surface area contributed by atoms with Gasteiger partial charge in [0.15, 0.2) is 0 Å². The van der Waals surface area contributed by atoms with Crippen LogP contribution in [0.2, 0.25) is 0 Å². The molecule has 0 aliphatic heterocycles. The van der Waals surface area contributed by atoms with Crippen molar-refractivity contribution in [2.45, 2.75) is 33.1 Å². The monoisotopic (exact) mass is 589 g/mol. The summed E-state index contributed by atoms with van der Waals surface area (Å²) in [5, 5.41) is 27.4. The number of carbonyl (C=O) groups is 1. The number of carboxylic acids is 1. The van der Waals surface area contributed by atoms with E-state index in [1.54, 1.807) is 30.3 Å². The second-order valence-corrected chi connectivity index (χ2v) is 12.0. The van der Waals surface area contributed by atoms with Gasteiger partial charge in [-0.25, -0.2) is 4.79 Å². The first kappa shape index (κ1) is 31.1. The standard InChI is InChI=1S/C28H34N2O8S2/c1-18-15-20(9-10-24(18)29-12-6-14-40(36,37)38)27(21-7-3-4-8-22(21)28(32)33)23-16-19(2)25(17-26(23)31)30-11-5-13-39(34)35/h3-4,7-8,10,15-17,29-31H,5-6,9,11-14H2,1-2H3,(H,32,33)(H,34,35)(H,36,37,38)/p-1/b27-20+. The van der Waals surface area contributed by atoms with E-state index in [0.29, 0.717) is 48.3 Å². The molecule has 0 spiro atoms. The molecule has 3 rings (SSSR count). The van der Waals surface area contributed by atoms with Gasteiger partial charge in [-0.1, -0.05) is 41.4 Å². The van der Waals surface area contributed by atoms with Crippen molar-refractivity contribution in [3.63, 3.8) is 0 Å². The molecule has 1 aliphatic carbocycles. The molecule has 40 heavy (non-hydrogen) atoms. The maximum absolute atomic E-state index is 12.1. The quantitative estimate of drug-likeness (QED) is 0.130. The van der Waals surface area contributed by atoms with E-state index in [2.05, 4.69) is 10.6 Å². The van der Waals surface area contributed by atoms with E-state index in [-0.39, 0.29) is 29.2 Å². The molecule has 0 radical (unpaired) electrons. The minimum Gasteiger partial charge on any atom is -0.772 e. The highest BCUT2D eigenvalue weighted by Gasteiger charge is 2.22. The van der Waals surface area contributed by atoms with Crippen molar-refractivity contribution in [2.75, 3.05) is 29.9 Å². The zero-order valence-electron chi connectivity index (χ0n) is 22.3. The number of hydrogen-bond donors (Lipinski definition) is 5. The van der Waals surface area contributed by atoms with Gasteiger partial charge in [0, 0.05) is 41.9 Å². The van der Waals surface area contributed by atoms with Crippen LogP contribution in [-0.4, -0.2) is 62.5 Å². The van der Waals surface area contributed by atoms with Crippen molar-refractivity contribution in [1.29, 1.82) is 0 Å². The van der Waals surface area contributed by atoms with Crippen molar-refractivity contribution in [3.05, 3.63) is 87.6 Å². The fourth-order valence-electron chi connectivity index (χ4n) is 4.51. The SMILES string of the molecule is CC1=C/C(=C(/c2cc(C)c(NCCCS(=O)[O-])cc2O)c2ccccc2C(=O)O)CC=C1NCCCS(=O)(=O)O. The second kappa shape index (κ2) is 13.8. The van der Waals surface area contributed by atoms with E-state index >= 15 is 0 Å². The van der Waals surface area contributed by atoms with Gasteiger partial charge in [-0.3, -0.25) is 8.76 Å². The Kier molecular flexibility index (Phi) is 10.7. The Hall–Kier alpha value is -3.45. The van der Waals surface area contributed by atoms with Gasteiger partial charge in [0.2, 0.25) is 0 Å². The van der Waals surface area contributed by atoms with E-state index in [0.717, 1.165) is 22.4 Å². The molecule has 1 unspecified atom stereocenters. The van der Waals surface area contributed by atoms with E-state index in [9.17, 15) is 32.2 Å². The lowest BCUT2D eigenvalue weighted by Gasteiger charge is -2.22. The van der Waals surface area contributed by atoms with E-state index in [1.165, 1.54) is 6.07 Å². The first-order valence-electron chi connectivity index (χ1n) is 12.6. The summed E-state index contributed by atoms with van der Waals surface area (Å²) in [7, 11) is -4.04. The van der Waals surface area contributed by atoms with Gasteiger partial charge in [-0.05, 0) is 73.1 Å². The zero-order valence-corrected chi connectivity index (χ0v) is 23.9. The van der Waals surface area contributed by atoms with Crippen molar-refractivity contribution in [1.82, 2.24) is 5.32 Å². The van der Waals surface area contributed by atoms with Gasteiger partial charge in [0.05, 0.1) is 11.3 Å². The Morgan fingerprint density at radius 3 is 2.35 bits per heavy atom. The number of allylic oxidation sites excluding steroid dienone is 4. The van der Waals surface area contributed by atoms with E-state index in [4.69, 9.17) is 4.55 Å². The summed E-state index contributed by atoms with van der Waals surface area (Å²) < 4.78 is 52.5. The number of aromatic hydroxyl groups is 1. The third-order valence-electron chi connectivity index (χ3n) is 6.40. The zero-order chi connectivity index (χ0) is 29.4. The molecule has 2 aromatic rings. The highest BCUT2D eigenvalue weighted by Crippen LogP contribution is 2.40. The van der Waals surface area contributed by atoms with E-state index in [1.807, 2.05) is 26.0 Å². The molecule has 216 valence electrons. The third-order valence-corrected chi connectivity index (χ3v) is 7.83. The van der Waals surface area contributed by atoms with Crippen LogP contribution >= 0.6 is 0 Å². The number of benzene rings is 2. The normalized spacial score (nSPS) is 15.6. The lowest BCUT2D eigenvalue weighted by molar-refractivity contribution is 0.0696. The lowest BCUT2D eigenvalue weighted by atomic mass is 9.85. The van der Waals surface area contributed by atoms with Crippen LogP contribution in [0, 0.1) is 6.92 Å². The summed E-state index contributed by atoms with van der Waals surface area (Å²) in [5.41, 5.74) is 5.38. The fraction of sp³-hybridized carbons (Fsp3) is 0.321. The van der Waals surface area contributed by atoms with Crippen LogP contribution in [0.3, 0.4) is 0 Å². The predicted octanol–water partition coefficient (Wildman–Crippen LogP) is 3.98. The van der Waals surface area contributed by atoms with Crippen LogP contribution in [0.5, 0.6) is 5.75 Å². The van der Waals surface area contributed by atoms with Gasteiger partial charge in [0.1, 0.15) is 5.75 Å². The number of rotatable bonds is 13. The molecule has 12 heteroatoms. The molecule has 0 heterocycles. The topological polar surface area (TPSA) is 176 Å². The molecule has 0 saturated heterocycles. The van der Waals surface area contributed by atoms with Crippen LogP contribution in [0.4, 0.5) is 5.69 Å². The van der Waals surface area contributed by atoms with E-state index < -0.39 is 27.2 Å². The van der Waals surface area contributed by atoms with Gasteiger partial charge in [0.25, 0.3) is 10.1 Å². The van der Waals surface area contributed by atoms with Crippen LogP contribution in [0.15, 0.2) is 65.4 Å². The van der Waals surface area contributed by atoms with Crippen LogP contribution in [-0.2, 0) is 21.2 Å². The number of hydrogen-bond acceptors (Lipinski definition) is 8. The van der Waals surface area contributed by atoms with Gasteiger partial charge in [-0.15, -0.1) is 0 Å². The van der Waals surface area contributed by atoms with Gasteiger partial charge < -0.3 is 25.4 Å². The number of phenolic OH excluding ortho intramolecular Hbond substituents is 1. The molecule has 0 fully saturated rings. The minimum absolute atomic E-state index is 0.0227. The van der Waals surface area contributed by atoms with Crippen LogP contribution in [0.25, 0.3) is 5.57 Å². The molecule has 1 aliphatic rings. The molecule has 0 amide bonds. The maximum Gasteiger partial charge on any atom is 0.336 e. The number of carboxylic acid groups (broad SMARTS) is 1. The molecule has 0 saturated carbocycles. The van der Waals surface area contributed by atoms with Crippen molar-refractivity contribution >= 4 is 38.4 Å². The van der Waals surface area contributed by atoms with Crippen LogP contribution in [0.1, 0.15) is 53.2 Å². The molecule has 1 atom stereocenters. The highest BCUT2D eigenvalue weighted by atomic mass is 32.2. The highest BCUT2D eigenvalue weighted by molar-refractivity contribution is 7.85. The number of anilines is 1. The largest absolute Gasteiger partial charge is 0.772 e. The summed E-state index contributed by atoms with van der Waals surface area (Å²) in [6.45, 7) is 4.45. The molecule has 5 N–H and O–H groups in total. The number of aromatic carboxylic acids is 1. The molecule has 10 nitrogen and oxygen atoms in total. The Balaban J connectivity index is 2.01. The average molecular weight is 590 g/mol. The van der Waals surface area contributed by atoms with Crippen LogP contribution < -0.4 is 10.6 Å². The summed E-state index contributed by atoms with van der Waals surface area (Å²) >= 11 is -2.13. The Labute approximate surface area is 236 Å². The molecular weight excluding hydrogens is 556 g/mol. The summed E-state index contributed by atoms with van der Waals surface area (Å²) in [6.07, 6.45) is 4.87. The molecule has 0 aromatic heterocycles. The predicted molar refractivity (Wildman–Crippen MR) is 155 cm³/mol. The maximum atomic E-state index is 12.1. The van der Waals surface area contributed by atoms with Crippen molar-refractivity contribution in [3.8, 4) is 5.75 Å². The van der Waals surface area contributed by atoms with Gasteiger partial charge in [-0.2, -0.15) is 8.42 Å². The third kappa shape index (κ3) is 8.52. The first-order chi connectivity index (χ1) is 18.9. The van der Waals surface area contributed by atoms with Crippen molar-refractivity contribution < 1.29 is 36.7 Å². The van der Waals surface area contributed by atoms with Crippen molar-refractivity contribution in [2.24, 2.45) is 0 Å². The molecule has 2 aromatic carbocycles. The Morgan fingerprint density at radius 2 is 1.73 bits per heavy atom. The molecular formula is C28H33N2O8S2-. The first-order valence-corrected chi connectivity index (χ1v) is 15.5. The fourth-order valence-corrected chi connectivity index (χ4v) is 5.40. The Bertz CT molecular complexity index is 1490. The average Bonchev–Trinajstić information content (AvgIpc) is 2.87. The number of nitrogens with one attached hydrogen (secondary N) is 2. The number of phenols is 1. The second-order valence-electron chi connectivity index (χ2n) is 9.44. The summed E-state index contributed by atoms with van der Waals surface area (Å²) in [4.78, 5) is 12.1. The minimum atomic E-state index is -4.04. The summed E-state index contributed by atoms with van der Waals surface area (Å²) in [5.74, 6) is -1.49. The number of aryl methyl sites for hydroxylation is 1. The molecule has 0 bridgehead atoms. The lowest BCUT2D eigenvalue weighted by Crippen LogP contribution is -2.20. The smallest absolute Gasteiger partial charge is 0.336 e.